The zero-order valence-electron chi connectivity index (χ0n) is 18.2. The molecule has 0 radical (unpaired) electrons. The molecule has 0 spiro atoms. The molecule has 0 unspecified atom stereocenters. The average molecular weight is 485 g/mol. The van der Waals surface area contributed by atoms with Crippen LogP contribution in [0.1, 0.15) is 55.5 Å². The van der Waals surface area contributed by atoms with Gasteiger partial charge in [-0.05, 0) is 48.2 Å². The number of benzene rings is 2. The molecule has 8 heteroatoms. The van der Waals surface area contributed by atoms with Crippen LogP contribution < -0.4 is 9.62 Å². The van der Waals surface area contributed by atoms with Gasteiger partial charge in [-0.3, -0.25) is 9.10 Å². The highest BCUT2D eigenvalue weighted by molar-refractivity contribution is 7.92. The minimum Gasteiger partial charge on any atom is -0.352 e. The van der Waals surface area contributed by atoms with E-state index in [4.69, 9.17) is 23.2 Å². The molecule has 0 aliphatic heterocycles. The second-order valence-corrected chi connectivity index (χ2v) is 10.4. The maximum Gasteiger partial charge on any atom is 0.251 e. The molecule has 170 valence electrons. The summed E-state index contributed by atoms with van der Waals surface area (Å²) in [5, 5.41) is 3.69. The van der Waals surface area contributed by atoms with Crippen LogP contribution in [-0.4, -0.2) is 27.1 Å². The lowest BCUT2D eigenvalue weighted by atomic mass is 9.99. The monoisotopic (exact) mass is 484 g/mol. The first-order valence-electron chi connectivity index (χ1n) is 10.5. The summed E-state index contributed by atoms with van der Waals surface area (Å²) in [6, 6.07) is 11.6. The van der Waals surface area contributed by atoms with Gasteiger partial charge in [0.05, 0.1) is 23.5 Å². The standard InChI is InChI=1S/C23H30Cl2N2O3S/c1-4-6-7-17(5-2)15-26-23(28)19-10-8-18(9-11-19)16-27(31(3,29)30)22-13-12-20(24)14-21(22)25/h8-14,17H,4-7,15-16H2,1-3H3,(H,26,28)/t17-/m1/s1. The third kappa shape index (κ3) is 7.70. The van der Waals surface area contributed by atoms with E-state index in [-0.39, 0.29) is 17.5 Å². The molecule has 0 saturated carbocycles. The van der Waals surface area contributed by atoms with Crippen molar-refractivity contribution in [3.63, 3.8) is 0 Å². The van der Waals surface area contributed by atoms with E-state index < -0.39 is 10.0 Å². The molecule has 0 aliphatic rings. The zero-order chi connectivity index (χ0) is 23.0. The summed E-state index contributed by atoms with van der Waals surface area (Å²) in [5.41, 5.74) is 1.64. The summed E-state index contributed by atoms with van der Waals surface area (Å²) < 4.78 is 26.0. The molecule has 0 aliphatic carbocycles. The normalized spacial score (nSPS) is 12.4. The lowest BCUT2D eigenvalue weighted by Crippen LogP contribution is -2.30. The summed E-state index contributed by atoms with van der Waals surface area (Å²) in [7, 11) is -3.58. The zero-order valence-corrected chi connectivity index (χ0v) is 20.5. The van der Waals surface area contributed by atoms with Crippen molar-refractivity contribution in [3.8, 4) is 0 Å². The Kier molecular flexibility index (Phi) is 9.66. The topological polar surface area (TPSA) is 66.5 Å². The van der Waals surface area contributed by atoms with E-state index in [1.807, 2.05) is 0 Å². The number of hydrogen-bond acceptors (Lipinski definition) is 3. The number of nitrogens with zero attached hydrogens (tertiary/aromatic N) is 1. The van der Waals surface area contributed by atoms with Crippen molar-refractivity contribution >= 4 is 44.8 Å². The Bertz CT molecular complexity index is 979. The molecule has 0 heterocycles. The second-order valence-electron chi connectivity index (χ2n) is 7.69. The highest BCUT2D eigenvalue weighted by Gasteiger charge is 2.21. The molecule has 5 nitrogen and oxygen atoms in total. The fraction of sp³-hybridized carbons (Fsp3) is 0.435. The first kappa shape index (κ1) is 25.5. The molecular formula is C23H30Cl2N2O3S. The summed E-state index contributed by atoms with van der Waals surface area (Å²) in [4.78, 5) is 12.5. The highest BCUT2D eigenvalue weighted by Crippen LogP contribution is 2.31. The first-order chi connectivity index (χ1) is 14.7. The average Bonchev–Trinajstić information content (AvgIpc) is 2.72. The van der Waals surface area contributed by atoms with E-state index >= 15 is 0 Å². The summed E-state index contributed by atoms with van der Waals surface area (Å²) in [5.74, 6) is 0.359. The number of amides is 1. The Labute approximate surface area is 195 Å². The smallest absolute Gasteiger partial charge is 0.251 e. The fourth-order valence-electron chi connectivity index (χ4n) is 3.27. The number of unbranched alkanes of at least 4 members (excludes halogenated alkanes) is 1. The first-order valence-corrected chi connectivity index (χ1v) is 13.1. The molecule has 0 saturated heterocycles. The van der Waals surface area contributed by atoms with E-state index in [2.05, 4.69) is 19.2 Å². The van der Waals surface area contributed by atoms with Crippen LogP contribution in [0.5, 0.6) is 0 Å². The molecule has 0 fully saturated rings. The van der Waals surface area contributed by atoms with Crippen molar-refractivity contribution < 1.29 is 13.2 Å². The van der Waals surface area contributed by atoms with Gasteiger partial charge in [0.1, 0.15) is 0 Å². The molecular weight excluding hydrogens is 455 g/mol. The van der Waals surface area contributed by atoms with Crippen molar-refractivity contribution in [2.45, 2.75) is 46.1 Å². The minimum atomic E-state index is -3.58. The molecule has 1 amide bonds. The van der Waals surface area contributed by atoms with Gasteiger partial charge in [-0.1, -0.05) is 68.4 Å². The van der Waals surface area contributed by atoms with Gasteiger partial charge in [0.2, 0.25) is 10.0 Å². The number of halogens is 2. The molecule has 2 aromatic rings. The summed E-state index contributed by atoms with van der Waals surface area (Å²) >= 11 is 12.2. The van der Waals surface area contributed by atoms with Gasteiger partial charge in [0.25, 0.3) is 5.91 Å². The van der Waals surface area contributed by atoms with E-state index in [1.54, 1.807) is 36.4 Å². The van der Waals surface area contributed by atoms with Crippen molar-refractivity contribution in [1.82, 2.24) is 5.32 Å². The lowest BCUT2D eigenvalue weighted by Gasteiger charge is -2.23. The number of anilines is 1. The molecule has 2 rings (SSSR count). The minimum absolute atomic E-state index is 0.0943. The van der Waals surface area contributed by atoms with Gasteiger partial charge < -0.3 is 5.32 Å². The second kappa shape index (κ2) is 11.7. The van der Waals surface area contributed by atoms with E-state index in [0.717, 1.165) is 37.5 Å². The van der Waals surface area contributed by atoms with Gasteiger partial charge in [-0.15, -0.1) is 0 Å². The van der Waals surface area contributed by atoms with Gasteiger partial charge in [-0.25, -0.2) is 8.42 Å². The summed E-state index contributed by atoms with van der Waals surface area (Å²) in [6.07, 6.45) is 5.59. The van der Waals surface area contributed by atoms with Crippen LogP contribution in [0.3, 0.4) is 0 Å². The number of carbonyl (C=O) groups is 1. The van der Waals surface area contributed by atoms with Crippen LogP contribution in [0, 0.1) is 5.92 Å². The van der Waals surface area contributed by atoms with Crippen LogP contribution in [-0.2, 0) is 16.6 Å². The Morgan fingerprint density at radius 3 is 2.32 bits per heavy atom. The van der Waals surface area contributed by atoms with Gasteiger partial charge in [0.15, 0.2) is 0 Å². The molecule has 0 aromatic heterocycles. The molecule has 0 bridgehead atoms. The van der Waals surface area contributed by atoms with Crippen molar-refractivity contribution in [2.75, 3.05) is 17.1 Å². The maximum atomic E-state index is 12.5. The van der Waals surface area contributed by atoms with Crippen molar-refractivity contribution in [3.05, 3.63) is 63.6 Å². The van der Waals surface area contributed by atoms with Gasteiger partial charge in [0, 0.05) is 17.1 Å². The molecule has 1 atom stereocenters. The van der Waals surface area contributed by atoms with E-state index in [0.29, 0.717) is 28.7 Å². The molecule has 2 aromatic carbocycles. The fourth-order valence-corrected chi connectivity index (χ4v) is 4.74. The predicted molar refractivity (Wildman–Crippen MR) is 130 cm³/mol. The largest absolute Gasteiger partial charge is 0.352 e. The van der Waals surface area contributed by atoms with Gasteiger partial charge >= 0.3 is 0 Å². The summed E-state index contributed by atoms with van der Waals surface area (Å²) in [6.45, 7) is 5.06. The quantitative estimate of drug-likeness (QED) is 0.431. The third-order valence-electron chi connectivity index (χ3n) is 5.22. The Morgan fingerprint density at radius 1 is 1.10 bits per heavy atom. The number of rotatable bonds is 11. The maximum absolute atomic E-state index is 12.5. The van der Waals surface area contributed by atoms with Crippen molar-refractivity contribution in [2.24, 2.45) is 5.92 Å². The van der Waals surface area contributed by atoms with E-state index in [9.17, 15) is 13.2 Å². The highest BCUT2D eigenvalue weighted by atomic mass is 35.5. The Morgan fingerprint density at radius 2 is 1.77 bits per heavy atom. The van der Waals surface area contributed by atoms with Crippen LogP contribution in [0.2, 0.25) is 10.0 Å². The molecule has 1 N–H and O–H groups in total. The number of hydrogen-bond donors (Lipinski definition) is 1. The Hall–Kier alpha value is -1.76. The van der Waals surface area contributed by atoms with Gasteiger partial charge in [-0.2, -0.15) is 0 Å². The van der Waals surface area contributed by atoms with E-state index in [1.165, 1.54) is 10.4 Å². The predicted octanol–water partition coefficient (Wildman–Crippen LogP) is 5.91. The Balaban J connectivity index is 2.09. The van der Waals surface area contributed by atoms with Crippen LogP contribution in [0.15, 0.2) is 42.5 Å². The third-order valence-corrected chi connectivity index (χ3v) is 6.88. The van der Waals surface area contributed by atoms with Crippen LogP contribution >= 0.6 is 23.2 Å². The van der Waals surface area contributed by atoms with Crippen LogP contribution in [0.25, 0.3) is 0 Å². The number of carbonyl (C=O) groups excluding carboxylic acids is 1. The lowest BCUT2D eigenvalue weighted by molar-refractivity contribution is 0.0946. The SMILES string of the molecule is CCCC[C@@H](CC)CNC(=O)c1ccc(CN(c2ccc(Cl)cc2Cl)S(C)(=O)=O)cc1. The number of nitrogens with one attached hydrogen (secondary N) is 1. The van der Waals surface area contributed by atoms with Crippen molar-refractivity contribution in [1.29, 1.82) is 0 Å². The number of sulfonamides is 1. The molecule has 31 heavy (non-hydrogen) atoms. The van der Waals surface area contributed by atoms with Crippen LogP contribution in [0.4, 0.5) is 5.69 Å².